The molecule has 18 heavy (non-hydrogen) atoms. The van der Waals surface area contributed by atoms with Gasteiger partial charge in [0, 0.05) is 5.56 Å². The number of nitrogens with zero attached hydrogens (tertiary/aromatic N) is 2. The Bertz CT molecular complexity index is 734. The molecule has 0 bridgehead atoms. The Morgan fingerprint density at radius 3 is 2.67 bits per heavy atom. The van der Waals surface area contributed by atoms with Crippen molar-refractivity contribution in [2.45, 2.75) is 11.5 Å². The molecule has 3 N–H and O–H groups in total. The molecule has 1 aliphatic heterocycles. The number of nitrogens with two attached hydrogens (primary N) is 1. The predicted molar refractivity (Wildman–Crippen MR) is 66.0 cm³/mol. The summed E-state index contributed by atoms with van der Waals surface area (Å²) in [5, 5.41) is 13.9. The maximum Gasteiger partial charge on any atom is 0.160 e. The quantitative estimate of drug-likeness (QED) is 0.786. The van der Waals surface area contributed by atoms with E-state index >= 15 is 0 Å². The lowest BCUT2D eigenvalue weighted by Crippen LogP contribution is -2.07. The molecule has 1 aromatic heterocycles. The summed E-state index contributed by atoms with van der Waals surface area (Å²) in [5.41, 5.74) is 7.36. The van der Waals surface area contributed by atoms with Crippen LogP contribution in [0.3, 0.4) is 0 Å². The van der Waals surface area contributed by atoms with Crippen molar-refractivity contribution in [1.29, 1.82) is 0 Å². The Labute approximate surface area is 104 Å². The Kier molecular flexibility index (Phi) is 2.15. The highest BCUT2D eigenvalue weighted by atomic mass is 32.2. The molecular formula is C11H11N3O3S. The van der Waals surface area contributed by atoms with E-state index in [0.717, 1.165) is 0 Å². The first-order chi connectivity index (χ1) is 8.48. The number of fused-ring (bicyclic) bond motifs is 1. The van der Waals surface area contributed by atoms with Gasteiger partial charge in [0.15, 0.2) is 9.84 Å². The van der Waals surface area contributed by atoms with Crippen molar-refractivity contribution in [1.82, 2.24) is 9.78 Å². The van der Waals surface area contributed by atoms with Gasteiger partial charge in [0.2, 0.25) is 0 Å². The largest absolute Gasteiger partial charge is 0.506 e. The summed E-state index contributed by atoms with van der Waals surface area (Å²) in [6.07, 6.45) is 0. The second-order valence-electron chi connectivity index (χ2n) is 4.24. The third kappa shape index (κ3) is 1.55. The number of aromatic hydroxyl groups is 1. The van der Waals surface area contributed by atoms with Crippen LogP contribution < -0.4 is 5.73 Å². The average molecular weight is 265 g/mol. The van der Waals surface area contributed by atoms with Gasteiger partial charge in [-0.05, 0) is 12.1 Å². The summed E-state index contributed by atoms with van der Waals surface area (Å²) in [5.74, 6) is 0.148. The number of benzene rings is 1. The molecule has 0 spiro atoms. The Morgan fingerprint density at radius 2 is 2.00 bits per heavy atom. The average Bonchev–Trinajstić information content (AvgIpc) is 2.74. The van der Waals surface area contributed by atoms with Crippen LogP contribution >= 0.6 is 0 Å². The normalized spacial score (nSPS) is 16.7. The summed E-state index contributed by atoms with van der Waals surface area (Å²) >= 11 is 0. The molecule has 7 heteroatoms. The zero-order valence-electron chi connectivity index (χ0n) is 9.37. The first-order valence-corrected chi connectivity index (χ1v) is 7.15. The van der Waals surface area contributed by atoms with Crippen LogP contribution in [0.4, 0.5) is 5.82 Å². The number of aromatic nitrogens is 2. The van der Waals surface area contributed by atoms with Crippen LogP contribution in [0.1, 0.15) is 11.3 Å². The monoisotopic (exact) mass is 265 g/mol. The molecule has 94 valence electrons. The van der Waals surface area contributed by atoms with Crippen molar-refractivity contribution in [2.75, 3.05) is 5.73 Å². The SMILES string of the molecule is Nc1c2c(nn1-c1ccccc1O)CS(=O)(=O)C2. The van der Waals surface area contributed by atoms with Crippen molar-refractivity contribution >= 4 is 15.7 Å². The van der Waals surface area contributed by atoms with Gasteiger partial charge in [0.05, 0.1) is 17.2 Å². The van der Waals surface area contributed by atoms with Crippen molar-refractivity contribution in [3.8, 4) is 11.4 Å². The van der Waals surface area contributed by atoms with Crippen LogP contribution in [0.25, 0.3) is 5.69 Å². The number of phenols is 1. The molecule has 0 unspecified atom stereocenters. The summed E-state index contributed by atoms with van der Waals surface area (Å²) < 4.78 is 24.3. The van der Waals surface area contributed by atoms with Crippen molar-refractivity contribution in [3.05, 3.63) is 35.5 Å². The van der Waals surface area contributed by atoms with Gasteiger partial charge in [-0.2, -0.15) is 5.10 Å². The molecule has 1 aromatic carbocycles. The van der Waals surface area contributed by atoms with Gasteiger partial charge in [0.25, 0.3) is 0 Å². The van der Waals surface area contributed by atoms with Crippen LogP contribution in [0.5, 0.6) is 5.75 Å². The molecule has 6 nitrogen and oxygen atoms in total. The molecule has 0 aliphatic carbocycles. The van der Waals surface area contributed by atoms with Gasteiger partial charge in [-0.1, -0.05) is 12.1 Å². The number of phenolic OH excluding ortho intramolecular Hbond substituents is 1. The van der Waals surface area contributed by atoms with E-state index in [0.29, 0.717) is 16.9 Å². The Balaban J connectivity index is 2.16. The van der Waals surface area contributed by atoms with Crippen LogP contribution in [0.2, 0.25) is 0 Å². The van der Waals surface area contributed by atoms with Gasteiger partial charge in [0.1, 0.15) is 17.3 Å². The lowest BCUT2D eigenvalue weighted by molar-refractivity contribution is 0.470. The molecule has 2 heterocycles. The van der Waals surface area contributed by atoms with Gasteiger partial charge in [-0.3, -0.25) is 0 Å². The summed E-state index contributed by atoms with van der Waals surface area (Å²) in [4.78, 5) is 0. The smallest absolute Gasteiger partial charge is 0.160 e. The van der Waals surface area contributed by atoms with Gasteiger partial charge in [-0.15, -0.1) is 0 Å². The summed E-state index contributed by atoms with van der Waals surface area (Å²) in [6, 6.07) is 6.63. The summed E-state index contributed by atoms with van der Waals surface area (Å²) in [6.45, 7) is 0. The van der Waals surface area contributed by atoms with Gasteiger partial charge >= 0.3 is 0 Å². The van der Waals surface area contributed by atoms with E-state index in [-0.39, 0.29) is 23.1 Å². The third-order valence-electron chi connectivity index (χ3n) is 2.94. The molecule has 0 saturated heterocycles. The van der Waals surface area contributed by atoms with E-state index in [4.69, 9.17) is 5.73 Å². The van der Waals surface area contributed by atoms with E-state index in [1.54, 1.807) is 18.2 Å². The Hall–Kier alpha value is -2.02. The van der Waals surface area contributed by atoms with Crippen molar-refractivity contribution in [3.63, 3.8) is 0 Å². The van der Waals surface area contributed by atoms with Gasteiger partial charge < -0.3 is 10.8 Å². The van der Waals surface area contributed by atoms with E-state index < -0.39 is 9.84 Å². The van der Waals surface area contributed by atoms with Gasteiger partial charge in [-0.25, -0.2) is 13.1 Å². The number of sulfone groups is 1. The fourth-order valence-electron chi connectivity index (χ4n) is 2.09. The maximum absolute atomic E-state index is 11.5. The first kappa shape index (κ1) is 11.1. The molecule has 0 saturated carbocycles. The maximum atomic E-state index is 11.5. The summed E-state index contributed by atoms with van der Waals surface area (Å²) in [7, 11) is -3.11. The van der Waals surface area contributed by atoms with Crippen LogP contribution in [0, 0.1) is 0 Å². The minimum Gasteiger partial charge on any atom is -0.506 e. The van der Waals surface area contributed by atoms with Crippen molar-refractivity contribution < 1.29 is 13.5 Å². The molecule has 0 amide bonds. The fraction of sp³-hybridized carbons (Fsp3) is 0.182. The molecule has 0 radical (unpaired) electrons. The number of rotatable bonds is 1. The lowest BCUT2D eigenvalue weighted by atomic mass is 10.2. The lowest BCUT2D eigenvalue weighted by Gasteiger charge is -2.07. The Morgan fingerprint density at radius 1 is 1.28 bits per heavy atom. The van der Waals surface area contributed by atoms with E-state index in [1.165, 1.54) is 10.7 Å². The van der Waals surface area contributed by atoms with E-state index in [2.05, 4.69) is 5.10 Å². The highest BCUT2D eigenvalue weighted by Gasteiger charge is 2.31. The molecular weight excluding hydrogens is 254 g/mol. The van der Waals surface area contributed by atoms with Crippen LogP contribution in [0.15, 0.2) is 24.3 Å². The minimum atomic E-state index is -3.11. The number of anilines is 1. The molecule has 1 aliphatic rings. The number of nitrogen functional groups attached to an aromatic ring is 1. The second-order valence-corrected chi connectivity index (χ2v) is 6.31. The number of para-hydroxylation sites is 2. The standard InChI is InChI=1S/C11H11N3O3S/c12-11-7-5-18(16,17)6-8(7)13-14(11)9-3-1-2-4-10(9)15/h1-4,15H,5-6,12H2. The van der Waals surface area contributed by atoms with E-state index in [1.807, 2.05) is 0 Å². The van der Waals surface area contributed by atoms with Crippen LogP contribution in [-0.4, -0.2) is 23.3 Å². The first-order valence-electron chi connectivity index (χ1n) is 5.33. The molecule has 2 aromatic rings. The zero-order valence-corrected chi connectivity index (χ0v) is 10.2. The second kappa shape index (κ2) is 3.49. The fourth-order valence-corrected chi connectivity index (χ4v) is 3.59. The molecule has 0 atom stereocenters. The van der Waals surface area contributed by atoms with Crippen LogP contribution in [-0.2, 0) is 21.3 Å². The molecule has 0 fully saturated rings. The van der Waals surface area contributed by atoms with E-state index in [9.17, 15) is 13.5 Å². The molecule has 3 rings (SSSR count). The zero-order chi connectivity index (χ0) is 12.9. The predicted octanol–water partition coefficient (Wildman–Crippen LogP) is 0.589. The third-order valence-corrected chi connectivity index (χ3v) is 4.38. The topological polar surface area (TPSA) is 98.2 Å². The highest BCUT2D eigenvalue weighted by molar-refractivity contribution is 7.90. The number of hydrogen-bond donors (Lipinski definition) is 2. The van der Waals surface area contributed by atoms with Crippen molar-refractivity contribution in [2.24, 2.45) is 0 Å². The minimum absolute atomic E-state index is 0.0493. The number of hydrogen-bond acceptors (Lipinski definition) is 5. The highest BCUT2D eigenvalue weighted by Crippen LogP contribution is 2.32.